The Balaban J connectivity index is 2.92. The molecule has 0 saturated heterocycles. The molecule has 0 aliphatic heterocycles. The molecule has 0 bridgehead atoms. The first-order chi connectivity index (χ1) is 7.60. The predicted octanol–water partition coefficient (Wildman–Crippen LogP) is 4.52. The maximum absolute atomic E-state index is 6.25. The van der Waals surface area contributed by atoms with E-state index in [0.29, 0.717) is 22.2 Å². The lowest BCUT2D eigenvalue weighted by Gasteiger charge is -2.01. The quantitative estimate of drug-likeness (QED) is 0.825. The number of fused-ring (bicyclic) bond motifs is 1. The van der Waals surface area contributed by atoms with Gasteiger partial charge in [0.25, 0.3) is 0 Å². The van der Waals surface area contributed by atoms with Crippen LogP contribution in [0.1, 0.15) is 18.2 Å². The van der Waals surface area contributed by atoms with Gasteiger partial charge in [0.15, 0.2) is 5.58 Å². The monoisotopic (exact) mass is 321 g/mol. The number of benzene rings is 1. The van der Waals surface area contributed by atoms with Crippen molar-refractivity contribution in [3.8, 4) is 0 Å². The number of aryl methyl sites for hydroxylation is 1. The minimum Gasteiger partial charge on any atom is -0.458 e. The van der Waals surface area contributed by atoms with E-state index in [1.54, 1.807) is 6.07 Å². The van der Waals surface area contributed by atoms with Gasteiger partial charge in [-0.05, 0) is 28.4 Å². The summed E-state index contributed by atoms with van der Waals surface area (Å²) in [5, 5.41) is 2.03. The molecule has 5 heteroatoms. The summed E-state index contributed by atoms with van der Waals surface area (Å²) < 4.78 is 6.41. The zero-order valence-corrected chi connectivity index (χ0v) is 11.7. The summed E-state index contributed by atoms with van der Waals surface area (Å²) in [6.45, 7) is 2.39. The second kappa shape index (κ2) is 4.57. The Labute approximate surface area is 112 Å². The van der Waals surface area contributed by atoms with E-state index in [-0.39, 0.29) is 0 Å². The summed E-state index contributed by atoms with van der Waals surface area (Å²) in [6.07, 6.45) is 0.812. The first-order valence-corrected chi connectivity index (χ1v) is 6.42. The highest BCUT2D eigenvalue weighted by Gasteiger charge is 2.18. The van der Waals surface area contributed by atoms with Crippen molar-refractivity contribution in [2.45, 2.75) is 19.9 Å². The number of hydrogen-bond acceptors (Lipinski definition) is 2. The van der Waals surface area contributed by atoms with Crippen LogP contribution in [-0.2, 0) is 13.0 Å². The maximum atomic E-state index is 6.25. The Morgan fingerprint density at radius 3 is 2.69 bits per heavy atom. The van der Waals surface area contributed by atoms with Crippen molar-refractivity contribution >= 4 is 50.1 Å². The van der Waals surface area contributed by atoms with Crippen LogP contribution >= 0.6 is 39.1 Å². The van der Waals surface area contributed by atoms with Gasteiger partial charge >= 0.3 is 0 Å². The van der Waals surface area contributed by atoms with Crippen LogP contribution in [-0.4, -0.2) is 0 Å². The minimum absolute atomic E-state index is 0.349. The largest absolute Gasteiger partial charge is 0.458 e. The normalized spacial score (nSPS) is 11.3. The minimum atomic E-state index is 0.349. The highest BCUT2D eigenvalue weighted by atomic mass is 79.9. The van der Waals surface area contributed by atoms with Crippen molar-refractivity contribution in [2.24, 2.45) is 5.73 Å². The van der Waals surface area contributed by atoms with Crippen LogP contribution in [0.15, 0.2) is 15.0 Å². The van der Waals surface area contributed by atoms with E-state index in [4.69, 9.17) is 33.4 Å². The van der Waals surface area contributed by atoms with Gasteiger partial charge < -0.3 is 10.2 Å². The Bertz CT molecular complexity index is 551. The van der Waals surface area contributed by atoms with Crippen molar-refractivity contribution in [1.29, 1.82) is 0 Å². The van der Waals surface area contributed by atoms with E-state index >= 15 is 0 Å². The molecule has 0 aliphatic carbocycles. The summed E-state index contributed by atoms with van der Waals surface area (Å²) in [5.74, 6) is 0.749. The van der Waals surface area contributed by atoms with Gasteiger partial charge in [-0.2, -0.15) is 0 Å². The summed E-state index contributed by atoms with van der Waals surface area (Å²) in [7, 11) is 0. The van der Waals surface area contributed by atoms with E-state index in [9.17, 15) is 0 Å². The van der Waals surface area contributed by atoms with Crippen LogP contribution in [0, 0.1) is 0 Å². The first-order valence-electron chi connectivity index (χ1n) is 4.88. The molecule has 86 valence electrons. The second-order valence-corrected chi connectivity index (χ2v) is 5.06. The number of hydrogen-bond donors (Lipinski definition) is 1. The lowest BCUT2D eigenvalue weighted by atomic mass is 10.1. The topological polar surface area (TPSA) is 39.2 Å². The first kappa shape index (κ1) is 12.2. The third kappa shape index (κ3) is 1.76. The number of halogens is 3. The molecule has 2 rings (SSSR count). The third-order valence-electron chi connectivity index (χ3n) is 2.53. The second-order valence-electron chi connectivity index (χ2n) is 3.42. The van der Waals surface area contributed by atoms with Crippen LogP contribution in [0.4, 0.5) is 0 Å². The van der Waals surface area contributed by atoms with Gasteiger partial charge in [0.05, 0.1) is 16.6 Å². The van der Waals surface area contributed by atoms with E-state index in [1.807, 2.05) is 6.92 Å². The fourth-order valence-corrected chi connectivity index (χ4v) is 2.87. The maximum Gasteiger partial charge on any atom is 0.154 e. The molecule has 0 aliphatic rings. The fraction of sp³-hybridized carbons (Fsp3) is 0.273. The molecule has 0 amide bonds. The van der Waals surface area contributed by atoms with Crippen LogP contribution in [0.3, 0.4) is 0 Å². The summed E-state index contributed by atoms with van der Waals surface area (Å²) >= 11 is 15.7. The van der Waals surface area contributed by atoms with Gasteiger partial charge in [-0.1, -0.05) is 30.1 Å². The van der Waals surface area contributed by atoms with Gasteiger partial charge in [0.2, 0.25) is 0 Å². The van der Waals surface area contributed by atoms with E-state index < -0.39 is 0 Å². The molecule has 16 heavy (non-hydrogen) atoms. The molecule has 0 saturated carbocycles. The highest BCUT2D eigenvalue weighted by molar-refractivity contribution is 9.10. The summed E-state index contributed by atoms with van der Waals surface area (Å²) in [5.41, 5.74) is 7.29. The number of rotatable bonds is 2. The molecule has 0 atom stereocenters. The van der Waals surface area contributed by atoms with Crippen molar-refractivity contribution in [3.63, 3.8) is 0 Å². The van der Waals surface area contributed by atoms with Gasteiger partial charge in [-0.3, -0.25) is 0 Å². The van der Waals surface area contributed by atoms with Gasteiger partial charge in [-0.15, -0.1) is 0 Å². The van der Waals surface area contributed by atoms with Crippen molar-refractivity contribution in [1.82, 2.24) is 0 Å². The molecular weight excluding hydrogens is 313 g/mol. The van der Waals surface area contributed by atoms with Crippen molar-refractivity contribution < 1.29 is 4.42 Å². The molecule has 0 unspecified atom stereocenters. The Morgan fingerprint density at radius 2 is 2.12 bits per heavy atom. The molecule has 0 fully saturated rings. The van der Waals surface area contributed by atoms with E-state index in [1.165, 1.54) is 0 Å². The Kier molecular flexibility index (Phi) is 3.50. The standard InChI is InChI=1S/C11H10BrCl2NO/c1-2-5-8(4-15)16-11-7(13)3-6(12)10(14)9(5)11/h3H,2,4,15H2,1H3. The molecule has 2 nitrogen and oxygen atoms in total. The summed E-state index contributed by atoms with van der Waals surface area (Å²) in [4.78, 5) is 0. The van der Waals surface area contributed by atoms with Crippen molar-refractivity contribution in [2.75, 3.05) is 0 Å². The number of furan rings is 1. The third-order valence-corrected chi connectivity index (χ3v) is 4.06. The Morgan fingerprint density at radius 1 is 1.44 bits per heavy atom. The molecule has 1 aromatic heterocycles. The smallest absolute Gasteiger partial charge is 0.154 e. The average molecular weight is 323 g/mol. The zero-order valence-electron chi connectivity index (χ0n) is 8.61. The van der Waals surface area contributed by atoms with Crippen LogP contribution < -0.4 is 5.73 Å². The van der Waals surface area contributed by atoms with E-state index in [2.05, 4.69) is 15.9 Å². The lowest BCUT2D eigenvalue weighted by molar-refractivity contribution is 0.546. The molecule has 1 heterocycles. The molecule has 2 aromatic rings. The summed E-state index contributed by atoms with van der Waals surface area (Å²) in [6, 6.07) is 1.73. The Hall–Kier alpha value is -0.220. The highest BCUT2D eigenvalue weighted by Crippen LogP contribution is 2.40. The fourth-order valence-electron chi connectivity index (χ4n) is 1.81. The molecule has 0 radical (unpaired) electrons. The van der Waals surface area contributed by atoms with Crippen LogP contribution in [0.25, 0.3) is 11.0 Å². The van der Waals surface area contributed by atoms with Crippen LogP contribution in [0.5, 0.6) is 0 Å². The lowest BCUT2D eigenvalue weighted by Crippen LogP contribution is -1.97. The van der Waals surface area contributed by atoms with Crippen molar-refractivity contribution in [3.05, 3.63) is 31.9 Å². The van der Waals surface area contributed by atoms with Gasteiger partial charge in [0.1, 0.15) is 5.76 Å². The van der Waals surface area contributed by atoms with E-state index in [0.717, 1.165) is 27.6 Å². The molecule has 1 aromatic carbocycles. The van der Waals surface area contributed by atoms with Crippen LogP contribution in [0.2, 0.25) is 10.0 Å². The molecule has 0 spiro atoms. The van der Waals surface area contributed by atoms with Gasteiger partial charge in [0, 0.05) is 15.4 Å². The molecule has 2 N–H and O–H groups in total. The average Bonchev–Trinajstić information content (AvgIpc) is 2.64. The SMILES string of the molecule is CCc1c(CN)oc2c(Cl)cc(Br)c(Cl)c12. The predicted molar refractivity (Wildman–Crippen MR) is 71.2 cm³/mol. The zero-order chi connectivity index (χ0) is 11.9. The number of nitrogens with two attached hydrogens (primary N) is 1. The molecular formula is C11H10BrCl2NO. The van der Waals surface area contributed by atoms with Gasteiger partial charge in [-0.25, -0.2) is 0 Å².